The summed E-state index contributed by atoms with van der Waals surface area (Å²) in [6, 6.07) is 17.1. The normalized spacial score (nSPS) is 10.7. The minimum Gasteiger partial charge on any atom is -0.457 e. The molecular weight excluding hydrogens is 348 g/mol. The van der Waals surface area contributed by atoms with Crippen molar-refractivity contribution < 1.29 is 9.53 Å². The molecule has 26 heavy (non-hydrogen) atoms. The number of hydrogen-bond donors (Lipinski definition) is 1. The molecule has 0 aliphatic rings. The molecule has 0 saturated heterocycles. The monoisotopic (exact) mass is 368 g/mol. The predicted molar refractivity (Wildman–Crippen MR) is 103 cm³/mol. The summed E-state index contributed by atoms with van der Waals surface area (Å²) in [5.41, 5.74) is 0.689. The van der Waals surface area contributed by atoms with Crippen molar-refractivity contribution in [2.75, 3.05) is 11.1 Å². The van der Waals surface area contributed by atoms with Gasteiger partial charge in [0, 0.05) is 17.8 Å². The Kier molecular flexibility index (Phi) is 5.91. The Morgan fingerprint density at radius 1 is 1.15 bits per heavy atom. The molecule has 7 heteroatoms. The zero-order chi connectivity index (χ0) is 18.4. The molecule has 0 spiro atoms. The van der Waals surface area contributed by atoms with Crippen LogP contribution in [0.2, 0.25) is 0 Å². The third kappa shape index (κ3) is 4.86. The molecule has 0 aliphatic carbocycles. The van der Waals surface area contributed by atoms with Crippen molar-refractivity contribution in [3.63, 3.8) is 0 Å². The number of thioether (sulfide) groups is 1. The molecule has 1 amide bonds. The van der Waals surface area contributed by atoms with Crippen molar-refractivity contribution in [1.82, 2.24) is 14.8 Å². The second-order valence-electron chi connectivity index (χ2n) is 5.89. The maximum Gasteiger partial charge on any atom is 0.234 e. The average molecular weight is 368 g/mol. The van der Waals surface area contributed by atoms with Gasteiger partial charge in [-0.25, -0.2) is 0 Å². The van der Waals surface area contributed by atoms with Gasteiger partial charge in [-0.2, -0.15) is 0 Å². The van der Waals surface area contributed by atoms with E-state index in [4.69, 9.17) is 4.74 Å². The van der Waals surface area contributed by atoms with Crippen LogP contribution in [0.5, 0.6) is 11.5 Å². The molecule has 6 nitrogen and oxygen atoms in total. The standard InChI is InChI=1S/C19H20N4O2S/c1-14(2)23-13-20-22-19(23)26-12-18(24)21-15-7-6-10-17(11-15)25-16-8-4-3-5-9-16/h3-11,13-14H,12H2,1-2H3,(H,21,24). The number of aromatic nitrogens is 3. The van der Waals surface area contributed by atoms with Crippen LogP contribution in [0, 0.1) is 0 Å². The van der Waals surface area contributed by atoms with E-state index in [2.05, 4.69) is 15.5 Å². The highest BCUT2D eigenvalue weighted by Gasteiger charge is 2.11. The van der Waals surface area contributed by atoms with Crippen LogP contribution in [0.4, 0.5) is 5.69 Å². The number of nitrogens with zero attached hydrogens (tertiary/aromatic N) is 3. The van der Waals surface area contributed by atoms with E-state index in [-0.39, 0.29) is 17.7 Å². The fourth-order valence-electron chi connectivity index (χ4n) is 2.28. The Labute approximate surface area is 156 Å². The number of amides is 1. The summed E-state index contributed by atoms with van der Waals surface area (Å²) in [6.07, 6.45) is 1.68. The second-order valence-corrected chi connectivity index (χ2v) is 6.84. The molecule has 0 bridgehead atoms. The number of para-hydroxylation sites is 1. The smallest absolute Gasteiger partial charge is 0.234 e. The summed E-state index contributed by atoms with van der Waals surface area (Å²) in [5.74, 6) is 1.57. The van der Waals surface area contributed by atoms with Gasteiger partial charge in [0.25, 0.3) is 0 Å². The molecule has 0 fully saturated rings. The summed E-state index contributed by atoms with van der Waals surface area (Å²) >= 11 is 1.36. The molecule has 0 saturated carbocycles. The van der Waals surface area contributed by atoms with Crippen LogP contribution in [0.1, 0.15) is 19.9 Å². The van der Waals surface area contributed by atoms with Crippen LogP contribution >= 0.6 is 11.8 Å². The summed E-state index contributed by atoms with van der Waals surface area (Å²) in [5, 5.41) is 11.6. The highest BCUT2D eigenvalue weighted by molar-refractivity contribution is 7.99. The lowest BCUT2D eigenvalue weighted by Gasteiger charge is -2.10. The average Bonchev–Trinajstić information content (AvgIpc) is 3.10. The summed E-state index contributed by atoms with van der Waals surface area (Å²) in [7, 11) is 0. The third-order valence-corrected chi connectivity index (χ3v) is 4.48. The van der Waals surface area contributed by atoms with Gasteiger partial charge < -0.3 is 14.6 Å². The molecule has 0 atom stereocenters. The van der Waals surface area contributed by atoms with Gasteiger partial charge >= 0.3 is 0 Å². The topological polar surface area (TPSA) is 69.0 Å². The minimum atomic E-state index is -0.106. The van der Waals surface area contributed by atoms with Gasteiger partial charge in [-0.15, -0.1) is 10.2 Å². The molecule has 1 N–H and O–H groups in total. The lowest BCUT2D eigenvalue weighted by Crippen LogP contribution is -2.14. The maximum atomic E-state index is 12.2. The van der Waals surface area contributed by atoms with Crippen LogP contribution in [0.3, 0.4) is 0 Å². The number of carbonyl (C=O) groups excluding carboxylic acids is 1. The van der Waals surface area contributed by atoms with Gasteiger partial charge in [0.15, 0.2) is 5.16 Å². The van der Waals surface area contributed by atoms with Crippen LogP contribution in [-0.2, 0) is 4.79 Å². The van der Waals surface area contributed by atoms with E-state index in [0.29, 0.717) is 11.4 Å². The van der Waals surface area contributed by atoms with Crippen LogP contribution in [0.25, 0.3) is 0 Å². The number of anilines is 1. The molecule has 3 aromatic rings. The number of nitrogens with one attached hydrogen (secondary N) is 1. The first kappa shape index (κ1) is 18.0. The molecular formula is C19H20N4O2S. The van der Waals surface area contributed by atoms with Crippen molar-refractivity contribution in [3.8, 4) is 11.5 Å². The number of hydrogen-bond acceptors (Lipinski definition) is 5. The Morgan fingerprint density at radius 2 is 1.92 bits per heavy atom. The van der Waals surface area contributed by atoms with Crippen LogP contribution in [0.15, 0.2) is 66.1 Å². The Morgan fingerprint density at radius 3 is 2.69 bits per heavy atom. The van der Waals surface area contributed by atoms with Crippen molar-refractivity contribution in [3.05, 3.63) is 60.9 Å². The molecule has 0 aliphatic heterocycles. The lowest BCUT2D eigenvalue weighted by atomic mass is 10.3. The van der Waals surface area contributed by atoms with Crippen molar-refractivity contribution in [1.29, 1.82) is 0 Å². The van der Waals surface area contributed by atoms with Gasteiger partial charge in [-0.3, -0.25) is 4.79 Å². The molecule has 134 valence electrons. The zero-order valence-electron chi connectivity index (χ0n) is 14.6. The van der Waals surface area contributed by atoms with Gasteiger partial charge in [0.2, 0.25) is 5.91 Å². The molecule has 2 aromatic carbocycles. The van der Waals surface area contributed by atoms with Gasteiger partial charge in [0.05, 0.1) is 5.75 Å². The molecule has 0 radical (unpaired) electrons. The van der Waals surface area contributed by atoms with Crippen molar-refractivity contribution in [2.24, 2.45) is 0 Å². The largest absolute Gasteiger partial charge is 0.457 e. The molecule has 1 aromatic heterocycles. The third-order valence-electron chi connectivity index (χ3n) is 3.53. The van der Waals surface area contributed by atoms with E-state index in [1.807, 2.05) is 66.9 Å². The fourth-order valence-corrected chi connectivity index (χ4v) is 3.12. The fraction of sp³-hybridized carbons (Fsp3) is 0.211. The molecule has 0 unspecified atom stereocenters. The number of ether oxygens (including phenoxy) is 1. The quantitative estimate of drug-likeness (QED) is 0.627. The first-order valence-electron chi connectivity index (χ1n) is 8.27. The number of rotatable bonds is 7. The van der Waals surface area contributed by atoms with Crippen molar-refractivity contribution in [2.45, 2.75) is 25.0 Å². The van der Waals surface area contributed by atoms with E-state index < -0.39 is 0 Å². The van der Waals surface area contributed by atoms with E-state index in [1.165, 1.54) is 11.8 Å². The van der Waals surface area contributed by atoms with Gasteiger partial charge in [-0.05, 0) is 38.1 Å². The molecule has 3 rings (SSSR count). The lowest BCUT2D eigenvalue weighted by molar-refractivity contribution is -0.113. The Bertz CT molecular complexity index is 865. The summed E-state index contributed by atoms with van der Waals surface area (Å²) in [4.78, 5) is 12.2. The number of benzene rings is 2. The van der Waals surface area contributed by atoms with E-state index in [9.17, 15) is 4.79 Å². The highest BCUT2D eigenvalue weighted by Crippen LogP contribution is 2.24. The maximum absolute atomic E-state index is 12.2. The van der Waals surface area contributed by atoms with Gasteiger partial charge in [-0.1, -0.05) is 36.0 Å². The SMILES string of the molecule is CC(C)n1cnnc1SCC(=O)Nc1cccc(Oc2ccccc2)c1. The second kappa shape index (κ2) is 8.53. The van der Waals surface area contributed by atoms with E-state index in [1.54, 1.807) is 12.4 Å². The predicted octanol–water partition coefficient (Wildman–Crippen LogP) is 4.38. The highest BCUT2D eigenvalue weighted by atomic mass is 32.2. The zero-order valence-corrected chi connectivity index (χ0v) is 15.4. The van der Waals surface area contributed by atoms with Crippen molar-refractivity contribution >= 4 is 23.4 Å². The minimum absolute atomic E-state index is 0.106. The van der Waals surface area contributed by atoms with E-state index in [0.717, 1.165) is 10.9 Å². The van der Waals surface area contributed by atoms with Gasteiger partial charge in [0.1, 0.15) is 17.8 Å². The van der Waals surface area contributed by atoms with Crippen LogP contribution < -0.4 is 10.1 Å². The molecule has 1 heterocycles. The first-order valence-corrected chi connectivity index (χ1v) is 9.25. The van der Waals surface area contributed by atoms with Crippen LogP contribution in [-0.4, -0.2) is 26.4 Å². The first-order chi connectivity index (χ1) is 12.6. The number of carbonyl (C=O) groups is 1. The van der Waals surface area contributed by atoms with E-state index >= 15 is 0 Å². The Hall–Kier alpha value is -2.80. The summed E-state index contributed by atoms with van der Waals surface area (Å²) in [6.45, 7) is 4.09. The summed E-state index contributed by atoms with van der Waals surface area (Å²) < 4.78 is 7.72. The Balaban J connectivity index is 1.57.